The van der Waals surface area contributed by atoms with E-state index in [-0.39, 0.29) is 4.75 Å². The Bertz CT molecular complexity index is 304. The van der Waals surface area contributed by atoms with E-state index in [0.717, 1.165) is 0 Å². The first-order valence-corrected chi connectivity index (χ1v) is 6.75. The van der Waals surface area contributed by atoms with Gasteiger partial charge in [0, 0.05) is 10.5 Å². The molecule has 0 aromatic heterocycles. The summed E-state index contributed by atoms with van der Waals surface area (Å²) in [5, 5.41) is 11.4. The van der Waals surface area contributed by atoms with Crippen molar-refractivity contribution >= 4 is 23.8 Å². The Labute approximate surface area is 113 Å². The minimum absolute atomic E-state index is 0.0523. The van der Waals surface area contributed by atoms with Crippen molar-refractivity contribution in [3.63, 3.8) is 0 Å². The number of nitrogens with one attached hydrogen (secondary N) is 1. The number of thioether (sulfide) groups is 1. The van der Waals surface area contributed by atoms with Crippen molar-refractivity contribution in [2.75, 3.05) is 5.75 Å². The molecule has 0 spiro atoms. The van der Waals surface area contributed by atoms with Crippen molar-refractivity contribution < 1.29 is 19.4 Å². The summed E-state index contributed by atoms with van der Waals surface area (Å²) in [4.78, 5) is 22.5. The van der Waals surface area contributed by atoms with E-state index in [4.69, 9.17) is 9.84 Å². The number of aliphatic carboxylic acids is 1. The normalized spacial score (nSPS) is 13.9. The molecule has 0 saturated carbocycles. The van der Waals surface area contributed by atoms with E-state index in [1.807, 2.05) is 20.8 Å². The minimum atomic E-state index is -1.06. The lowest BCUT2D eigenvalue weighted by atomic mass is 10.2. The van der Waals surface area contributed by atoms with Gasteiger partial charge in [0.05, 0.1) is 0 Å². The van der Waals surface area contributed by atoms with Gasteiger partial charge in [-0.3, -0.25) is 0 Å². The second kappa shape index (κ2) is 6.31. The average Bonchev–Trinajstić information content (AvgIpc) is 2.06. The molecule has 5 nitrogen and oxygen atoms in total. The van der Waals surface area contributed by atoms with E-state index in [1.165, 1.54) is 11.8 Å². The molecule has 6 heteroatoms. The molecule has 2 N–H and O–H groups in total. The Balaban J connectivity index is 4.37. The van der Waals surface area contributed by atoms with Crippen LogP contribution in [0.25, 0.3) is 0 Å². The molecule has 0 aliphatic rings. The molecule has 106 valence electrons. The lowest BCUT2D eigenvalue weighted by molar-refractivity contribution is -0.138. The first kappa shape index (κ1) is 17.1. The summed E-state index contributed by atoms with van der Waals surface area (Å²) < 4.78 is 4.98. The molecule has 0 radical (unpaired) electrons. The van der Waals surface area contributed by atoms with Gasteiger partial charge in [-0.05, 0) is 20.8 Å². The molecule has 1 amide bonds. The van der Waals surface area contributed by atoms with Crippen LogP contribution in [0.5, 0.6) is 0 Å². The van der Waals surface area contributed by atoms with Crippen LogP contribution in [0.3, 0.4) is 0 Å². The van der Waals surface area contributed by atoms with Gasteiger partial charge in [0.25, 0.3) is 0 Å². The molecule has 0 heterocycles. The van der Waals surface area contributed by atoms with E-state index < -0.39 is 23.7 Å². The fourth-order valence-corrected chi connectivity index (χ4v) is 1.85. The molecule has 0 rings (SSSR count). The first-order chi connectivity index (χ1) is 7.91. The van der Waals surface area contributed by atoms with Crippen LogP contribution in [-0.4, -0.2) is 39.3 Å². The number of carboxylic acids is 1. The number of rotatable bonds is 4. The van der Waals surface area contributed by atoms with E-state index in [2.05, 4.69) is 5.32 Å². The molecular formula is C12H23NO4S. The van der Waals surface area contributed by atoms with E-state index in [1.54, 1.807) is 20.8 Å². The number of carboxylic acid groups (broad SMARTS) is 1. The Kier molecular flexibility index (Phi) is 5.99. The van der Waals surface area contributed by atoms with E-state index in [0.29, 0.717) is 5.75 Å². The molecule has 0 aliphatic carbocycles. The maximum atomic E-state index is 11.5. The number of carbonyl (C=O) groups is 2. The number of amides is 1. The highest BCUT2D eigenvalue weighted by Gasteiger charge is 2.25. The molecule has 0 aromatic carbocycles. The van der Waals surface area contributed by atoms with E-state index >= 15 is 0 Å². The van der Waals surface area contributed by atoms with Gasteiger partial charge in [-0.1, -0.05) is 20.8 Å². The van der Waals surface area contributed by atoms with Crippen molar-refractivity contribution in [1.29, 1.82) is 0 Å². The second-order valence-corrected chi connectivity index (χ2v) is 7.81. The van der Waals surface area contributed by atoms with Crippen LogP contribution in [0.4, 0.5) is 4.79 Å². The van der Waals surface area contributed by atoms with Crippen molar-refractivity contribution in [1.82, 2.24) is 5.32 Å². The summed E-state index contributed by atoms with van der Waals surface area (Å²) in [6.07, 6.45) is -0.704. The van der Waals surface area contributed by atoms with Gasteiger partial charge in [0.15, 0.2) is 0 Å². The smallest absolute Gasteiger partial charge is 0.408 e. The SMILES string of the molecule is CC(C)(C)OC(=O)N[C@H](CSC(C)(C)C)C(=O)O. The van der Waals surface area contributed by atoms with Crippen molar-refractivity contribution in [2.45, 2.75) is 57.9 Å². The summed E-state index contributed by atoms with van der Waals surface area (Å²) in [7, 11) is 0. The zero-order valence-corrected chi connectivity index (χ0v) is 12.7. The number of carbonyl (C=O) groups excluding carboxylic acids is 1. The van der Waals surface area contributed by atoms with Crippen molar-refractivity contribution in [3.8, 4) is 0 Å². The number of ether oxygens (including phenoxy) is 1. The molecule has 0 bridgehead atoms. The highest BCUT2D eigenvalue weighted by Crippen LogP contribution is 2.23. The third-order valence-electron chi connectivity index (χ3n) is 1.67. The van der Waals surface area contributed by atoms with Crippen LogP contribution in [-0.2, 0) is 9.53 Å². The first-order valence-electron chi connectivity index (χ1n) is 5.77. The van der Waals surface area contributed by atoms with Gasteiger partial charge < -0.3 is 15.2 Å². The standard InChI is InChI=1S/C12H23NO4S/c1-11(2,3)17-10(16)13-8(9(14)15)7-18-12(4,5)6/h8H,7H2,1-6H3,(H,13,16)(H,14,15)/t8-/m1/s1. The van der Waals surface area contributed by atoms with Gasteiger partial charge in [-0.2, -0.15) is 11.8 Å². The zero-order valence-electron chi connectivity index (χ0n) is 11.9. The van der Waals surface area contributed by atoms with Gasteiger partial charge >= 0.3 is 12.1 Å². The van der Waals surface area contributed by atoms with Crippen LogP contribution in [0, 0.1) is 0 Å². The van der Waals surface area contributed by atoms with Gasteiger partial charge in [-0.25, -0.2) is 9.59 Å². The molecule has 0 aliphatic heterocycles. The molecule has 18 heavy (non-hydrogen) atoms. The predicted octanol–water partition coefficient (Wildman–Crippen LogP) is 2.50. The van der Waals surface area contributed by atoms with Crippen molar-refractivity contribution in [2.24, 2.45) is 0 Å². The zero-order chi connectivity index (χ0) is 14.6. The molecule has 0 aromatic rings. The van der Waals surface area contributed by atoms with Crippen LogP contribution < -0.4 is 5.32 Å². The third-order valence-corrected chi connectivity index (χ3v) is 3.04. The topological polar surface area (TPSA) is 75.6 Å². The van der Waals surface area contributed by atoms with Gasteiger partial charge in [-0.15, -0.1) is 0 Å². The minimum Gasteiger partial charge on any atom is -0.480 e. The van der Waals surface area contributed by atoms with Crippen LogP contribution in [0.1, 0.15) is 41.5 Å². The monoisotopic (exact) mass is 277 g/mol. The van der Waals surface area contributed by atoms with Gasteiger partial charge in [0.1, 0.15) is 11.6 Å². The Morgan fingerprint density at radius 3 is 2.06 bits per heavy atom. The lowest BCUT2D eigenvalue weighted by Gasteiger charge is -2.24. The molecule has 1 atom stereocenters. The average molecular weight is 277 g/mol. The fourth-order valence-electron chi connectivity index (χ4n) is 0.958. The third kappa shape index (κ3) is 9.15. The summed E-state index contributed by atoms with van der Waals surface area (Å²) in [5.74, 6) is -0.754. The summed E-state index contributed by atoms with van der Waals surface area (Å²) in [5.41, 5.74) is -0.635. The van der Waals surface area contributed by atoms with Crippen LogP contribution in [0.2, 0.25) is 0 Å². The summed E-state index contributed by atoms with van der Waals surface area (Å²) >= 11 is 1.48. The Morgan fingerprint density at radius 2 is 1.72 bits per heavy atom. The Morgan fingerprint density at radius 1 is 1.22 bits per heavy atom. The van der Waals surface area contributed by atoms with Crippen LogP contribution >= 0.6 is 11.8 Å². The molecule has 0 unspecified atom stereocenters. The van der Waals surface area contributed by atoms with E-state index in [9.17, 15) is 9.59 Å². The molecule has 0 fully saturated rings. The highest BCUT2D eigenvalue weighted by atomic mass is 32.2. The van der Waals surface area contributed by atoms with Crippen molar-refractivity contribution in [3.05, 3.63) is 0 Å². The fraction of sp³-hybridized carbons (Fsp3) is 0.833. The molecular weight excluding hydrogens is 254 g/mol. The van der Waals surface area contributed by atoms with Crippen LogP contribution in [0.15, 0.2) is 0 Å². The number of hydrogen-bond donors (Lipinski definition) is 2. The maximum Gasteiger partial charge on any atom is 0.408 e. The predicted molar refractivity (Wildman–Crippen MR) is 73.0 cm³/mol. The summed E-state index contributed by atoms with van der Waals surface area (Å²) in [6, 6.07) is -0.941. The second-order valence-electron chi connectivity index (χ2n) is 5.96. The number of hydrogen-bond acceptors (Lipinski definition) is 4. The Hall–Kier alpha value is -0.910. The number of alkyl carbamates (subject to hydrolysis) is 1. The van der Waals surface area contributed by atoms with Gasteiger partial charge in [0.2, 0.25) is 0 Å². The quantitative estimate of drug-likeness (QED) is 0.825. The lowest BCUT2D eigenvalue weighted by Crippen LogP contribution is -2.45. The molecule has 0 saturated heterocycles. The summed E-state index contributed by atoms with van der Waals surface area (Å²) in [6.45, 7) is 11.2. The maximum absolute atomic E-state index is 11.5. The highest BCUT2D eigenvalue weighted by molar-refractivity contribution is 8.00. The largest absolute Gasteiger partial charge is 0.480 e.